The number of hydrogen-bond acceptors (Lipinski definition) is 5. The van der Waals surface area contributed by atoms with E-state index in [-0.39, 0.29) is 30.1 Å². The lowest BCUT2D eigenvalue weighted by atomic mass is 9.99. The Kier molecular flexibility index (Phi) is 7.39. The number of ether oxygens (including phenoxy) is 1. The standard InChI is InChI=1S/C26H21F3N4O3/c27-21-12-20-11-18(24(21)36-26(28)29)14-31-25(35)23(33-19-7-4-16(13-30)5-8-19)17-3-1-2-15(10-17)6-9-22(34)32-20/h1-5,7-8,10-12,23,26,33H,6,9,14H2,(H,31,35)(H,32,34). The lowest BCUT2D eigenvalue weighted by Gasteiger charge is -2.22. The van der Waals surface area contributed by atoms with Crippen molar-refractivity contribution in [3.05, 3.63) is 88.7 Å². The Morgan fingerprint density at radius 3 is 2.56 bits per heavy atom. The molecule has 4 bridgehead atoms. The summed E-state index contributed by atoms with van der Waals surface area (Å²) in [5.74, 6) is -2.70. The smallest absolute Gasteiger partial charge is 0.387 e. The monoisotopic (exact) mass is 494 g/mol. The minimum atomic E-state index is -3.28. The molecular weight excluding hydrogens is 473 g/mol. The van der Waals surface area contributed by atoms with E-state index < -0.39 is 30.1 Å². The van der Waals surface area contributed by atoms with Gasteiger partial charge in [0.25, 0.3) is 0 Å². The number of hydrogen-bond donors (Lipinski definition) is 3. The van der Waals surface area contributed by atoms with Gasteiger partial charge in [-0.3, -0.25) is 9.59 Å². The van der Waals surface area contributed by atoms with Crippen LogP contribution in [0.4, 0.5) is 24.5 Å². The van der Waals surface area contributed by atoms with Crippen LogP contribution >= 0.6 is 0 Å². The topological polar surface area (TPSA) is 103 Å². The molecule has 3 aromatic rings. The number of nitrogens with zero attached hydrogens (tertiary/aromatic N) is 1. The van der Waals surface area contributed by atoms with Crippen molar-refractivity contribution in [1.29, 1.82) is 5.26 Å². The minimum Gasteiger partial charge on any atom is -0.431 e. The first-order valence-electron chi connectivity index (χ1n) is 11.0. The van der Waals surface area contributed by atoms with Gasteiger partial charge >= 0.3 is 6.61 Å². The number of fused-ring (bicyclic) bond motifs is 4. The van der Waals surface area contributed by atoms with Gasteiger partial charge in [0.15, 0.2) is 11.6 Å². The highest BCUT2D eigenvalue weighted by Crippen LogP contribution is 2.30. The van der Waals surface area contributed by atoms with Crippen molar-refractivity contribution in [2.45, 2.75) is 32.0 Å². The highest BCUT2D eigenvalue weighted by Gasteiger charge is 2.24. The summed E-state index contributed by atoms with van der Waals surface area (Å²) in [6, 6.07) is 16.9. The van der Waals surface area contributed by atoms with Crippen molar-refractivity contribution in [1.82, 2.24) is 5.32 Å². The Balaban J connectivity index is 1.71. The summed E-state index contributed by atoms with van der Waals surface area (Å²) < 4.78 is 44.8. The van der Waals surface area contributed by atoms with Crippen LogP contribution in [0.5, 0.6) is 5.75 Å². The van der Waals surface area contributed by atoms with Gasteiger partial charge in [-0.05, 0) is 47.9 Å². The quantitative estimate of drug-likeness (QED) is 0.490. The van der Waals surface area contributed by atoms with Crippen molar-refractivity contribution in [2.24, 2.45) is 0 Å². The summed E-state index contributed by atoms with van der Waals surface area (Å²) in [6.07, 6.45) is 0.433. The van der Waals surface area contributed by atoms with Gasteiger partial charge in [0.05, 0.1) is 11.6 Å². The Morgan fingerprint density at radius 2 is 1.83 bits per heavy atom. The molecule has 0 fully saturated rings. The summed E-state index contributed by atoms with van der Waals surface area (Å²) >= 11 is 0. The maximum absolute atomic E-state index is 14.6. The van der Waals surface area contributed by atoms with Gasteiger partial charge in [-0.2, -0.15) is 14.0 Å². The number of halogens is 3. The summed E-state index contributed by atoms with van der Waals surface area (Å²) in [6.45, 7) is -3.62. The van der Waals surface area contributed by atoms with Crippen LogP contribution in [-0.2, 0) is 22.6 Å². The Labute approximate surface area is 204 Å². The SMILES string of the molecule is N#Cc1ccc(NC2C(=O)NCc3cc(cc(F)c3OC(F)F)NC(=O)CCc3cccc2c3)cc1. The van der Waals surface area contributed by atoms with Crippen molar-refractivity contribution < 1.29 is 27.5 Å². The van der Waals surface area contributed by atoms with E-state index in [9.17, 15) is 22.8 Å². The van der Waals surface area contributed by atoms with Gasteiger partial charge in [-0.15, -0.1) is 0 Å². The lowest BCUT2D eigenvalue weighted by molar-refractivity contribution is -0.122. The third kappa shape index (κ3) is 5.93. The molecule has 0 radical (unpaired) electrons. The van der Waals surface area contributed by atoms with E-state index in [1.54, 1.807) is 42.5 Å². The highest BCUT2D eigenvalue weighted by molar-refractivity contribution is 5.91. The average Bonchev–Trinajstić information content (AvgIpc) is 2.86. The summed E-state index contributed by atoms with van der Waals surface area (Å²) in [7, 11) is 0. The highest BCUT2D eigenvalue weighted by atomic mass is 19.3. The van der Waals surface area contributed by atoms with Crippen LogP contribution in [0.15, 0.2) is 60.7 Å². The second kappa shape index (κ2) is 10.8. The lowest BCUT2D eigenvalue weighted by Crippen LogP contribution is -2.33. The molecule has 3 N–H and O–H groups in total. The molecule has 7 nitrogen and oxygen atoms in total. The minimum absolute atomic E-state index is 0.0569. The average molecular weight is 494 g/mol. The van der Waals surface area contributed by atoms with E-state index >= 15 is 0 Å². The van der Waals surface area contributed by atoms with Gasteiger partial charge in [0, 0.05) is 36.0 Å². The molecule has 0 aliphatic carbocycles. The Hall–Kier alpha value is -4.52. The zero-order valence-corrected chi connectivity index (χ0v) is 18.9. The molecule has 0 saturated carbocycles. The number of benzene rings is 3. The molecule has 0 spiro atoms. The maximum Gasteiger partial charge on any atom is 0.387 e. The van der Waals surface area contributed by atoms with E-state index in [2.05, 4.69) is 20.7 Å². The van der Waals surface area contributed by atoms with Crippen LogP contribution in [-0.4, -0.2) is 18.4 Å². The zero-order chi connectivity index (χ0) is 25.7. The number of amides is 2. The first-order chi connectivity index (χ1) is 17.3. The van der Waals surface area contributed by atoms with Gasteiger partial charge in [0.2, 0.25) is 11.8 Å². The van der Waals surface area contributed by atoms with Crippen molar-refractivity contribution in [3.63, 3.8) is 0 Å². The molecule has 1 heterocycles. The second-order valence-electron chi connectivity index (χ2n) is 8.10. The third-order valence-electron chi connectivity index (χ3n) is 5.58. The van der Waals surface area contributed by atoms with E-state index in [1.165, 1.54) is 6.07 Å². The van der Waals surface area contributed by atoms with Crippen LogP contribution in [0, 0.1) is 17.1 Å². The number of rotatable bonds is 4. The van der Waals surface area contributed by atoms with E-state index in [0.29, 0.717) is 23.2 Å². The first-order valence-corrected chi connectivity index (χ1v) is 11.0. The number of alkyl halides is 2. The Morgan fingerprint density at radius 1 is 1.06 bits per heavy atom. The fourth-order valence-electron chi connectivity index (χ4n) is 3.88. The largest absolute Gasteiger partial charge is 0.431 e. The van der Waals surface area contributed by atoms with Gasteiger partial charge < -0.3 is 20.7 Å². The number of nitrogens with one attached hydrogen (secondary N) is 3. The summed E-state index contributed by atoms with van der Waals surface area (Å²) in [5, 5.41) is 17.3. The number of nitriles is 1. The van der Waals surface area contributed by atoms with Crippen LogP contribution in [0.2, 0.25) is 0 Å². The van der Waals surface area contributed by atoms with Gasteiger partial charge in [-0.1, -0.05) is 24.3 Å². The normalized spacial score (nSPS) is 15.8. The molecule has 36 heavy (non-hydrogen) atoms. The van der Waals surface area contributed by atoms with Crippen molar-refractivity contribution in [3.8, 4) is 11.8 Å². The molecule has 1 unspecified atom stereocenters. The van der Waals surface area contributed by atoms with Crippen molar-refractivity contribution in [2.75, 3.05) is 10.6 Å². The number of carbonyl (C=O) groups excluding carboxylic acids is 2. The molecule has 3 aromatic carbocycles. The van der Waals surface area contributed by atoms with Crippen LogP contribution < -0.4 is 20.7 Å². The first kappa shape index (κ1) is 24.6. The fraction of sp³-hybridized carbons (Fsp3) is 0.192. The van der Waals surface area contributed by atoms with E-state index in [1.807, 2.05) is 12.1 Å². The van der Waals surface area contributed by atoms with Crippen LogP contribution in [0.25, 0.3) is 0 Å². The molecule has 184 valence electrons. The van der Waals surface area contributed by atoms with E-state index in [0.717, 1.165) is 11.6 Å². The van der Waals surface area contributed by atoms with Crippen LogP contribution in [0.3, 0.4) is 0 Å². The van der Waals surface area contributed by atoms with E-state index in [4.69, 9.17) is 5.26 Å². The number of carbonyl (C=O) groups is 2. The third-order valence-corrected chi connectivity index (χ3v) is 5.58. The molecule has 0 aromatic heterocycles. The molecule has 1 aliphatic heterocycles. The Bertz CT molecular complexity index is 1320. The fourth-order valence-corrected chi connectivity index (χ4v) is 3.88. The maximum atomic E-state index is 14.6. The molecular formula is C26H21F3N4O3. The predicted molar refractivity (Wildman–Crippen MR) is 126 cm³/mol. The predicted octanol–water partition coefficient (Wildman–Crippen LogP) is 4.65. The molecule has 1 atom stereocenters. The van der Waals surface area contributed by atoms with Crippen molar-refractivity contribution >= 4 is 23.2 Å². The summed E-state index contributed by atoms with van der Waals surface area (Å²) in [4.78, 5) is 25.8. The molecule has 4 rings (SSSR count). The molecule has 1 aliphatic rings. The molecule has 0 saturated heterocycles. The molecule has 2 amide bonds. The van der Waals surface area contributed by atoms with Crippen LogP contribution in [0.1, 0.15) is 34.7 Å². The number of anilines is 2. The molecule has 10 heteroatoms. The zero-order valence-electron chi connectivity index (χ0n) is 18.9. The van der Waals surface area contributed by atoms with Gasteiger partial charge in [0.1, 0.15) is 6.04 Å². The summed E-state index contributed by atoms with van der Waals surface area (Å²) in [5.41, 5.74) is 2.41. The number of aryl methyl sites for hydroxylation is 1. The van der Waals surface area contributed by atoms with Gasteiger partial charge in [-0.25, -0.2) is 4.39 Å². The second-order valence-corrected chi connectivity index (χ2v) is 8.10.